The number of nitrogens with two attached hydrogens (primary N) is 1. The number of carbonyl (C=O) groups is 2. The van der Waals surface area contributed by atoms with Crippen LogP contribution >= 0.6 is 0 Å². The highest BCUT2D eigenvalue weighted by Gasteiger charge is 2.45. The summed E-state index contributed by atoms with van der Waals surface area (Å²) >= 11 is 0. The third-order valence-corrected chi connectivity index (χ3v) is 9.03. The van der Waals surface area contributed by atoms with Crippen molar-refractivity contribution in [2.24, 2.45) is 17.1 Å². The first kappa shape index (κ1) is 26.6. The zero-order valence-electron chi connectivity index (χ0n) is 22.5. The number of pyridine rings is 1. The molecule has 38 heavy (non-hydrogen) atoms. The number of benzene rings is 1. The molecule has 7 nitrogen and oxygen atoms in total. The Morgan fingerprint density at radius 1 is 1.05 bits per heavy atom. The van der Waals surface area contributed by atoms with Gasteiger partial charge in [0.2, 0.25) is 11.8 Å². The number of nitrogens with zero attached hydrogens (tertiary/aromatic N) is 3. The van der Waals surface area contributed by atoms with Gasteiger partial charge in [-0.15, -0.1) is 0 Å². The molecule has 0 bridgehead atoms. The molecular formula is C30H39FN4O3. The molecule has 3 aliphatic rings. The van der Waals surface area contributed by atoms with Crippen LogP contribution in [0.5, 0.6) is 5.88 Å². The van der Waals surface area contributed by atoms with Crippen molar-refractivity contribution in [1.82, 2.24) is 14.8 Å². The molecule has 1 saturated carbocycles. The van der Waals surface area contributed by atoms with Crippen molar-refractivity contribution in [2.45, 2.75) is 64.3 Å². The average Bonchev–Trinajstić information content (AvgIpc) is 3.30. The minimum absolute atomic E-state index is 0.0659. The van der Waals surface area contributed by atoms with Crippen molar-refractivity contribution in [1.29, 1.82) is 0 Å². The maximum absolute atomic E-state index is 15.0. The van der Waals surface area contributed by atoms with E-state index in [4.69, 9.17) is 10.5 Å². The molecule has 3 heterocycles. The molecule has 204 valence electrons. The number of likely N-dealkylation sites (tertiary alicyclic amines) is 2. The Labute approximate surface area is 224 Å². The monoisotopic (exact) mass is 522 g/mol. The van der Waals surface area contributed by atoms with Crippen LogP contribution in [0.15, 0.2) is 36.5 Å². The van der Waals surface area contributed by atoms with Crippen molar-refractivity contribution in [3.63, 3.8) is 0 Å². The number of hydrogen-bond acceptors (Lipinski definition) is 5. The number of aromatic nitrogens is 1. The Balaban J connectivity index is 1.15. The Morgan fingerprint density at radius 3 is 2.39 bits per heavy atom. The fourth-order valence-electron chi connectivity index (χ4n) is 6.19. The molecule has 1 aliphatic carbocycles. The van der Waals surface area contributed by atoms with Gasteiger partial charge in [-0.2, -0.15) is 0 Å². The number of piperidine rings is 1. The first-order valence-corrected chi connectivity index (χ1v) is 13.9. The largest absolute Gasteiger partial charge is 0.477 e. The highest BCUT2D eigenvalue weighted by Crippen LogP contribution is 2.41. The zero-order chi connectivity index (χ0) is 26.9. The maximum Gasteiger partial charge on any atom is 0.257 e. The van der Waals surface area contributed by atoms with E-state index < -0.39 is 23.2 Å². The van der Waals surface area contributed by atoms with Crippen LogP contribution in [0, 0.1) is 17.2 Å². The van der Waals surface area contributed by atoms with Crippen LogP contribution in [0.1, 0.15) is 69.2 Å². The normalized spacial score (nSPS) is 23.7. The van der Waals surface area contributed by atoms with Gasteiger partial charge in [-0.25, -0.2) is 9.37 Å². The summed E-state index contributed by atoms with van der Waals surface area (Å²) in [6.07, 6.45) is 9.20. The third kappa shape index (κ3) is 5.41. The van der Waals surface area contributed by atoms with E-state index in [1.165, 1.54) is 42.8 Å². The van der Waals surface area contributed by atoms with E-state index in [1.807, 2.05) is 6.07 Å². The van der Waals surface area contributed by atoms with E-state index in [0.29, 0.717) is 48.8 Å². The first-order chi connectivity index (χ1) is 18.2. The molecule has 0 radical (unpaired) electrons. The van der Waals surface area contributed by atoms with Crippen molar-refractivity contribution in [3.8, 4) is 17.0 Å². The Hall–Kier alpha value is -3.00. The summed E-state index contributed by atoms with van der Waals surface area (Å²) in [6, 6.07) is 8.16. The maximum atomic E-state index is 15.0. The molecule has 1 aromatic carbocycles. The van der Waals surface area contributed by atoms with E-state index in [9.17, 15) is 9.59 Å². The Kier molecular flexibility index (Phi) is 7.45. The molecule has 2 amide bonds. The summed E-state index contributed by atoms with van der Waals surface area (Å²) in [5, 5.41) is 0. The number of amides is 2. The van der Waals surface area contributed by atoms with Crippen LogP contribution in [-0.2, 0) is 4.79 Å². The Morgan fingerprint density at radius 2 is 1.79 bits per heavy atom. The fourth-order valence-corrected chi connectivity index (χ4v) is 6.19. The van der Waals surface area contributed by atoms with E-state index in [0.717, 1.165) is 31.5 Å². The van der Waals surface area contributed by atoms with Gasteiger partial charge in [0.15, 0.2) is 0 Å². The lowest BCUT2D eigenvalue weighted by Crippen LogP contribution is -2.54. The fraction of sp³-hybridized carbons (Fsp3) is 0.567. The van der Waals surface area contributed by atoms with Crippen molar-refractivity contribution >= 4 is 11.8 Å². The van der Waals surface area contributed by atoms with Gasteiger partial charge in [0.25, 0.3) is 5.91 Å². The molecule has 1 atom stereocenters. The third-order valence-electron chi connectivity index (χ3n) is 9.03. The second-order valence-corrected chi connectivity index (χ2v) is 12.0. The summed E-state index contributed by atoms with van der Waals surface area (Å²) in [5.74, 6) is -0.627. The zero-order valence-corrected chi connectivity index (χ0v) is 22.5. The van der Waals surface area contributed by atoms with Crippen molar-refractivity contribution < 1.29 is 18.7 Å². The van der Waals surface area contributed by atoms with Gasteiger partial charge in [-0.3, -0.25) is 9.59 Å². The smallest absolute Gasteiger partial charge is 0.257 e. The highest BCUT2D eigenvalue weighted by molar-refractivity contribution is 5.99. The van der Waals surface area contributed by atoms with Gasteiger partial charge in [0.1, 0.15) is 11.4 Å². The number of primary amides is 1. The minimum atomic E-state index is -1.09. The molecule has 2 aliphatic heterocycles. The van der Waals surface area contributed by atoms with E-state index in [1.54, 1.807) is 25.3 Å². The molecule has 5 rings (SSSR count). The standard InChI is InChI=1S/C30H39FN4O3/c1-29(11-3-12-29)20-34-15-9-21(10-16-34)19-38-26-8-6-23(18-33-26)22-5-7-24(25(31)17-22)27(36)35-14-4-13-30(35,2)28(32)37/h5-8,17-18,21H,3-4,9-16,19-20H2,1-2H3,(H2,32,37)/t30-/m0/s1. The molecular weight excluding hydrogens is 483 g/mol. The molecule has 0 spiro atoms. The topological polar surface area (TPSA) is 88.8 Å². The summed E-state index contributed by atoms with van der Waals surface area (Å²) in [4.78, 5) is 33.4. The predicted molar refractivity (Wildman–Crippen MR) is 144 cm³/mol. The number of rotatable bonds is 8. The van der Waals surface area contributed by atoms with E-state index in [2.05, 4.69) is 16.8 Å². The number of carbonyl (C=O) groups excluding carboxylic acids is 2. The highest BCUT2D eigenvalue weighted by atomic mass is 19.1. The van der Waals surface area contributed by atoms with Crippen LogP contribution in [-0.4, -0.2) is 64.9 Å². The molecule has 2 aromatic rings. The second-order valence-electron chi connectivity index (χ2n) is 12.0. The molecule has 2 N–H and O–H groups in total. The van der Waals surface area contributed by atoms with Crippen LogP contribution in [0.3, 0.4) is 0 Å². The average molecular weight is 523 g/mol. The first-order valence-electron chi connectivity index (χ1n) is 13.9. The van der Waals surface area contributed by atoms with Gasteiger partial charge < -0.3 is 20.3 Å². The summed E-state index contributed by atoms with van der Waals surface area (Å²) in [5.41, 5.74) is 6.27. The lowest BCUT2D eigenvalue weighted by atomic mass is 9.70. The number of halogens is 1. The quantitative estimate of drug-likeness (QED) is 0.545. The van der Waals surface area contributed by atoms with Crippen molar-refractivity contribution in [2.75, 3.05) is 32.8 Å². The molecule has 8 heteroatoms. The molecule has 3 fully saturated rings. The lowest BCUT2D eigenvalue weighted by molar-refractivity contribution is -0.126. The van der Waals surface area contributed by atoms with Gasteiger partial charge in [-0.05, 0) is 93.6 Å². The van der Waals surface area contributed by atoms with Gasteiger partial charge in [-0.1, -0.05) is 19.4 Å². The van der Waals surface area contributed by atoms with Crippen LogP contribution in [0.2, 0.25) is 0 Å². The van der Waals surface area contributed by atoms with Gasteiger partial charge >= 0.3 is 0 Å². The second kappa shape index (κ2) is 10.6. The number of hydrogen-bond donors (Lipinski definition) is 1. The summed E-state index contributed by atoms with van der Waals surface area (Å²) < 4.78 is 21.0. The van der Waals surface area contributed by atoms with E-state index in [-0.39, 0.29) is 5.56 Å². The van der Waals surface area contributed by atoms with Crippen LogP contribution < -0.4 is 10.5 Å². The van der Waals surface area contributed by atoms with Crippen molar-refractivity contribution in [3.05, 3.63) is 47.9 Å². The molecule has 0 unspecified atom stereocenters. The van der Waals surface area contributed by atoms with Gasteiger partial charge in [0, 0.05) is 30.9 Å². The van der Waals surface area contributed by atoms with Gasteiger partial charge in [0.05, 0.1) is 12.2 Å². The van der Waals surface area contributed by atoms with Crippen LogP contribution in [0.4, 0.5) is 4.39 Å². The SMILES string of the molecule is CC1(CN2CCC(COc3ccc(-c4ccc(C(=O)N5CCC[C@@]5(C)C(N)=O)c(F)c4)cn3)CC2)CCC1. The summed E-state index contributed by atoms with van der Waals surface area (Å²) in [7, 11) is 0. The predicted octanol–water partition coefficient (Wildman–Crippen LogP) is 4.65. The minimum Gasteiger partial charge on any atom is -0.477 e. The van der Waals surface area contributed by atoms with Crippen LogP contribution in [0.25, 0.3) is 11.1 Å². The molecule has 2 saturated heterocycles. The lowest BCUT2D eigenvalue weighted by Gasteiger charge is -2.44. The number of ether oxygens (including phenoxy) is 1. The summed E-state index contributed by atoms with van der Waals surface area (Å²) in [6.45, 7) is 8.59. The van der Waals surface area contributed by atoms with E-state index >= 15 is 4.39 Å². The Bertz CT molecular complexity index is 1170. The molecule has 1 aromatic heterocycles.